The summed E-state index contributed by atoms with van der Waals surface area (Å²) >= 11 is 7.15. The first-order valence-electron chi connectivity index (χ1n) is 3.86. The van der Waals surface area contributed by atoms with E-state index in [1.54, 1.807) is 0 Å². The highest BCUT2D eigenvalue weighted by molar-refractivity contribution is 8.01. The van der Waals surface area contributed by atoms with Crippen molar-refractivity contribution in [3.8, 4) is 0 Å². The molecule has 1 heterocycles. The number of hydrogen-bond donors (Lipinski definition) is 1. The monoisotopic (exact) mass is 200 g/mol. The van der Waals surface area contributed by atoms with Crippen LogP contribution in [0.3, 0.4) is 0 Å². The molecule has 1 N–H and O–H groups in total. The number of aryl methyl sites for hydroxylation is 1. The molecular formula is C9H9ClOS. The Bertz CT molecular complexity index is 298. The van der Waals surface area contributed by atoms with Gasteiger partial charge in [0.25, 0.3) is 0 Å². The SMILES string of the molecule is OC1(Cl)CCc2ccccc2S1. The summed E-state index contributed by atoms with van der Waals surface area (Å²) in [5, 5.41) is 9.55. The average molecular weight is 201 g/mol. The molecule has 1 unspecified atom stereocenters. The van der Waals surface area contributed by atoms with Gasteiger partial charge in [-0.3, -0.25) is 0 Å². The van der Waals surface area contributed by atoms with Crippen LogP contribution < -0.4 is 0 Å². The quantitative estimate of drug-likeness (QED) is 0.650. The molecule has 1 aromatic carbocycles. The summed E-state index contributed by atoms with van der Waals surface area (Å²) < 4.78 is -1.09. The molecular weight excluding hydrogens is 192 g/mol. The maximum atomic E-state index is 9.55. The fraction of sp³-hybridized carbons (Fsp3) is 0.333. The predicted molar refractivity (Wildman–Crippen MR) is 51.4 cm³/mol. The minimum absolute atomic E-state index is 0.621. The van der Waals surface area contributed by atoms with Crippen LogP contribution in [0.1, 0.15) is 12.0 Å². The molecule has 0 fully saturated rings. The molecule has 0 bridgehead atoms. The van der Waals surface area contributed by atoms with Gasteiger partial charge in [0.1, 0.15) is 0 Å². The molecule has 1 atom stereocenters. The van der Waals surface area contributed by atoms with Gasteiger partial charge < -0.3 is 5.11 Å². The summed E-state index contributed by atoms with van der Waals surface area (Å²) in [7, 11) is 0. The lowest BCUT2D eigenvalue weighted by atomic mass is 10.1. The second-order valence-corrected chi connectivity index (χ2v) is 5.07. The van der Waals surface area contributed by atoms with Crippen molar-refractivity contribution in [2.24, 2.45) is 0 Å². The molecule has 0 radical (unpaired) electrons. The van der Waals surface area contributed by atoms with Gasteiger partial charge in [0.2, 0.25) is 0 Å². The van der Waals surface area contributed by atoms with Crippen LogP contribution in [0.5, 0.6) is 0 Å². The number of aliphatic hydroxyl groups is 1. The molecule has 1 aliphatic heterocycles. The lowest BCUT2D eigenvalue weighted by Crippen LogP contribution is -2.20. The van der Waals surface area contributed by atoms with E-state index in [1.807, 2.05) is 18.2 Å². The van der Waals surface area contributed by atoms with Crippen molar-refractivity contribution in [3.63, 3.8) is 0 Å². The molecule has 0 amide bonds. The smallest absolute Gasteiger partial charge is 0.191 e. The highest BCUT2D eigenvalue weighted by atomic mass is 35.5. The van der Waals surface area contributed by atoms with Crippen LogP contribution >= 0.6 is 23.4 Å². The zero-order chi connectivity index (χ0) is 8.60. The van der Waals surface area contributed by atoms with Gasteiger partial charge in [-0.15, -0.1) is 0 Å². The lowest BCUT2D eigenvalue weighted by Gasteiger charge is -2.26. The largest absolute Gasteiger partial charge is 0.366 e. The van der Waals surface area contributed by atoms with Crippen LogP contribution in [-0.4, -0.2) is 9.50 Å². The highest BCUT2D eigenvalue weighted by Gasteiger charge is 2.29. The van der Waals surface area contributed by atoms with Crippen molar-refractivity contribution in [1.29, 1.82) is 0 Å². The standard InChI is InChI=1S/C9H9ClOS/c10-9(11)6-5-7-3-1-2-4-8(7)12-9/h1-4,11H,5-6H2. The summed E-state index contributed by atoms with van der Waals surface area (Å²) in [6.07, 6.45) is 1.49. The van der Waals surface area contributed by atoms with Crippen molar-refractivity contribution < 1.29 is 5.11 Å². The van der Waals surface area contributed by atoms with Gasteiger partial charge in [-0.2, -0.15) is 0 Å². The molecule has 3 heteroatoms. The molecule has 1 aromatic rings. The third kappa shape index (κ3) is 1.60. The lowest BCUT2D eigenvalue weighted by molar-refractivity contribution is 0.209. The second kappa shape index (κ2) is 2.95. The third-order valence-corrected chi connectivity index (χ3v) is 3.50. The van der Waals surface area contributed by atoms with Gasteiger partial charge in [-0.05, 0) is 18.1 Å². The molecule has 0 saturated carbocycles. The second-order valence-electron chi connectivity index (χ2n) is 2.90. The van der Waals surface area contributed by atoms with E-state index in [4.69, 9.17) is 11.6 Å². The van der Waals surface area contributed by atoms with Crippen molar-refractivity contribution >= 4 is 23.4 Å². The molecule has 0 saturated heterocycles. The van der Waals surface area contributed by atoms with Gasteiger partial charge in [-0.25, -0.2) is 0 Å². The van der Waals surface area contributed by atoms with Crippen LogP contribution in [0.2, 0.25) is 0 Å². The first-order chi connectivity index (χ1) is 5.67. The van der Waals surface area contributed by atoms with Crippen molar-refractivity contribution in [1.82, 2.24) is 0 Å². The minimum Gasteiger partial charge on any atom is -0.366 e. The Morgan fingerprint density at radius 3 is 3.00 bits per heavy atom. The maximum Gasteiger partial charge on any atom is 0.191 e. The Morgan fingerprint density at radius 2 is 2.17 bits per heavy atom. The first-order valence-corrected chi connectivity index (χ1v) is 5.05. The molecule has 64 valence electrons. The van der Waals surface area contributed by atoms with Gasteiger partial charge in [0.05, 0.1) is 0 Å². The number of halogens is 1. The normalized spacial score (nSPS) is 28.2. The minimum atomic E-state index is -1.09. The molecule has 1 nitrogen and oxygen atoms in total. The first kappa shape index (κ1) is 8.42. The molecule has 0 aromatic heterocycles. The molecule has 0 aliphatic carbocycles. The van der Waals surface area contributed by atoms with E-state index in [-0.39, 0.29) is 0 Å². The summed E-state index contributed by atoms with van der Waals surface area (Å²) in [5.41, 5.74) is 1.29. The Morgan fingerprint density at radius 1 is 1.42 bits per heavy atom. The predicted octanol–water partition coefficient (Wildman–Crippen LogP) is 2.61. The Kier molecular flexibility index (Phi) is 2.07. The van der Waals surface area contributed by atoms with Gasteiger partial charge in [0.15, 0.2) is 4.39 Å². The zero-order valence-electron chi connectivity index (χ0n) is 6.46. The Balaban J connectivity index is 2.35. The molecule has 12 heavy (non-hydrogen) atoms. The maximum absolute atomic E-state index is 9.55. The van der Waals surface area contributed by atoms with Gasteiger partial charge in [-0.1, -0.05) is 41.6 Å². The van der Waals surface area contributed by atoms with E-state index in [0.29, 0.717) is 6.42 Å². The van der Waals surface area contributed by atoms with E-state index in [1.165, 1.54) is 17.3 Å². The summed E-state index contributed by atoms with van der Waals surface area (Å²) in [5.74, 6) is 0. The molecule has 2 rings (SSSR count). The number of fused-ring (bicyclic) bond motifs is 1. The van der Waals surface area contributed by atoms with E-state index in [2.05, 4.69) is 6.07 Å². The average Bonchev–Trinajstić information content (AvgIpc) is 2.02. The Labute approximate surface area is 80.7 Å². The fourth-order valence-corrected chi connectivity index (χ4v) is 2.65. The van der Waals surface area contributed by atoms with Crippen molar-refractivity contribution in [3.05, 3.63) is 29.8 Å². The van der Waals surface area contributed by atoms with E-state index >= 15 is 0 Å². The number of thioether (sulfide) groups is 1. The van der Waals surface area contributed by atoms with Crippen LogP contribution in [-0.2, 0) is 6.42 Å². The number of rotatable bonds is 0. The van der Waals surface area contributed by atoms with Gasteiger partial charge >= 0.3 is 0 Å². The van der Waals surface area contributed by atoms with Crippen LogP contribution in [0.15, 0.2) is 29.2 Å². The third-order valence-electron chi connectivity index (χ3n) is 1.94. The Hall–Kier alpha value is -0.180. The number of benzene rings is 1. The highest BCUT2D eigenvalue weighted by Crippen LogP contribution is 2.43. The van der Waals surface area contributed by atoms with Crippen molar-refractivity contribution in [2.45, 2.75) is 22.1 Å². The zero-order valence-corrected chi connectivity index (χ0v) is 8.03. The van der Waals surface area contributed by atoms with E-state index < -0.39 is 4.39 Å². The van der Waals surface area contributed by atoms with Crippen LogP contribution in [0, 0.1) is 0 Å². The number of alkyl halides is 1. The van der Waals surface area contributed by atoms with Crippen molar-refractivity contribution in [2.75, 3.05) is 0 Å². The van der Waals surface area contributed by atoms with Crippen LogP contribution in [0.4, 0.5) is 0 Å². The summed E-state index contributed by atoms with van der Waals surface area (Å²) in [4.78, 5) is 1.10. The fourth-order valence-electron chi connectivity index (χ4n) is 1.32. The van der Waals surface area contributed by atoms with E-state index in [0.717, 1.165) is 11.3 Å². The molecule has 0 spiro atoms. The summed E-state index contributed by atoms with van der Waals surface area (Å²) in [6.45, 7) is 0. The molecule has 1 aliphatic rings. The summed E-state index contributed by atoms with van der Waals surface area (Å²) in [6, 6.07) is 8.04. The van der Waals surface area contributed by atoms with Crippen LogP contribution in [0.25, 0.3) is 0 Å². The number of hydrogen-bond acceptors (Lipinski definition) is 2. The van der Waals surface area contributed by atoms with Gasteiger partial charge in [0, 0.05) is 11.3 Å². The van der Waals surface area contributed by atoms with E-state index in [9.17, 15) is 5.11 Å². The topological polar surface area (TPSA) is 20.2 Å².